The quantitative estimate of drug-likeness (QED) is 0.713. The maximum absolute atomic E-state index is 10.2. The Morgan fingerprint density at radius 2 is 1.95 bits per heavy atom. The topological polar surface area (TPSA) is 45.1 Å². The van der Waals surface area contributed by atoms with E-state index in [0.29, 0.717) is 0 Å². The van der Waals surface area contributed by atoms with E-state index in [2.05, 4.69) is 16.4 Å². The minimum Gasteiger partial charge on any atom is -0.369 e. The molecule has 1 unspecified atom stereocenters. The first-order chi connectivity index (χ1) is 10.3. The molecule has 1 atom stereocenters. The van der Waals surface area contributed by atoms with Crippen molar-refractivity contribution in [2.45, 2.75) is 6.23 Å². The molecule has 1 aliphatic heterocycles. The Balaban J connectivity index is 1.82. The number of hydrogen-bond donors (Lipinski definition) is 2. The second-order valence-electron chi connectivity index (χ2n) is 5.15. The second-order valence-corrected chi connectivity index (χ2v) is 5.15. The summed E-state index contributed by atoms with van der Waals surface area (Å²) in [5, 5.41) is 14.4. The van der Waals surface area contributed by atoms with Gasteiger partial charge >= 0.3 is 0 Å². The molecule has 4 rings (SSSR count). The van der Waals surface area contributed by atoms with Gasteiger partial charge in [-0.3, -0.25) is 4.98 Å². The number of rotatable bonds is 1. The number of benzene rings is 2. The van der Waals surface area contributed by atoms with Crippen LogP contribution in [-0.2, 0) is 0 Å². The van der Waals surface area contributed by atoms with Crippen molar-refractivity contribution in [3.63, 3.8) is 0 Å². The van der Waals surface area contributed by atoms with Gasteiger partial charge in [0, 0.05) is 28.4 Å². The van der Waals surface area contributed by atoms with Gasteiger partial charge in [-0.1, -0.05) is 30.3 Å². The third-order valence-corrected chi connectivity index (χ3v) is 3.77. The van der Waals surface area contributed by atoms with Gasteiger partial charge in [0.1, 0.15) is 0 Å². The Hall–Kier alpha value is -2.65. The molecule has 2 heterocycles. The predicted octanol–water partition coefficient (Wildman–Crippen LogP) is 3.52. The number of pyridine rings is 1. The lowest BCUT2D eigenvalue weighted by Gasteiger charge is -2.06. The summed E-state index contributed by atoms with van der Waals surface area (Å²) in [6.07, 6.45) is 3.16. The number of nitrogens with one attached hydrogen (secondary N) is 1. The normalized spacial score (nSPS) is 18.7. The van der Waals surface area contributed by atoms with E-state index in [1.54, 1.807) is 6.20 Å². The molecule has 2 N–H and O–H groups in total. The lowest BCUT2D eigenvalue weighted by Crippen LogP contribution is -2.12. The van der Waals surface area contributed by atoms with E-state index < -0.39 is 6.23 Å². The third kappa shape index (κ3) is 2.08. The van der Waals surface area contributed by atoms with Crippen LogP contribution in [0.1, 0.15) is 11.1 Å². The monoisotopic (exact) mass is 274 g/mol. The second kappa shape index (κ2) is 4.72. The van der Waals surface area contributed by atoms with Crippen molar-refractivity contribution in [3.05, 3.63) is 71.9 Å². The number of aliphatic hydroxyl groups is 1. The van der Waals surface area contributed by atoms with Gasteiger partial charge in [0.25, 0.3) is 0 Å². The highest BCUT2D eigenvalue weighted by atomic mass is 16.3. The summed E-state index contributed by atoms with van der Waals surface area (Å²) in [6, 6.07) is 18.0. The van der Waals surface area contributed by atoms with Crippen molar-refractivity contribution in [2.75, 3.05) is 5.32 Å². The Kier molecular flexibility index (Phi) is 2.72. The van der Waals surface area contributed by atoms with Gasteiger partial charge in [-0.15, -0.1) is 0 Å². The fourth-order valence-corrected chi connectivity index (χ4v) is 2.75. The number of anilines is 1. The van der Waals surface area contributed by atoms with E-state index in [1.807, 2.05) is 54.6 Å². The number of aromatic nitrogens is 1. The van der Waals surface area contributed by atoms with Crippen molar-refractivity contribution >= 4 is 28.2 Å². The predicted molar refractivity (Wildman–Crippen MR) is 85.7 cm³/mol. The van der Waals surface area contributed by atoms with Gasteiger partial charge in [-0.05, 0) is 35.9 Å². The van der Waals surface area contributed by atoms with Crippen LogP contribution in [-0.4, -0.2) is 16.3 Å². The van der Waals surface area contributed by atoms with Crippen LogP contribution in [0.25, 0.3) is 22.6 Å². The van der Waals surface area contributed by atoms with E-state index in [9.17, 15) is 5.11 Å². The zero-order chi connectivity index (χ0) is 14.2. The minimum atomic E-state index is -0.660. The lowest BCUT2D eigenvalue weighted by molar-refractivity contribution is 0.266. The Labute approximate surface area is 122 Å². The van der Waals surface area contributed by atoms with Gasteiger partial charge in [-0.25, -0.2) is 0 Å². The SMILES string of the molecule is OC1Nc2ccccc2C1=Cc1ccc2ncccc2c1. The summed E-state index contributed by atoms with van der Waals surface area (Å²) in [5.74, 6) is 0. The summed E-state index contributed by atoms with van der Waals surface area (Å²) in [7, 11) is 0. The van der Waals surface area contributed by atoms with E-state index >= 15 is 0 Å². The molecule has 0 saturated carbocycles. The molecule has 1 aromatic heterocycles. The van der Waals surface area contributed by atoms with E-state index in [-0.39, 0.29) is 0 Å². The average molecular weight is 274 g/mol. The molecule has 0 aliphatic carbocycles. The van der Waals surface area contributed by atoms with Crippen LogP contribution >= 0.6 is 0 Å². The smallest absolute Gasteiger partial charge is 0.151 e. The Morgan fingerprint density at radius 1 is 1.05 bits per heavy atom. The molecule has 0 fully saturated rings. The number of nitrogens with zero attached hydrogens (tertiary/aromatic N) is 1. The fourth-order valence-electron chi connectivity index (χ4n) is 2.75. The zero-order valence-electron chi connectivity index (χ0n) is 11.3. The van der Waals surface area contributed by atoms with Crippen LogP contribution in [0.4, 0.5) is 5.69 Å². The van der Waals surface area contributed by atoms with Crippen molar-refractivity contribution in [3.8, 4) is 0 Å². The highest BCUT2D eigenvalue weighted by molar-refractivity contribution is 5.95. The van der Waals surface area contributed by atoms with Gasteiger partial charge < -0.3 is 10.4 Å². The summed E-state index contributed by atoms with van der Waals surface area (Å²) >= 11 is 0. The van der Waals surface area contributed by atoms with Crippen LogP contribution in [0.3, 0.4) is 0 Å². The van der Waals surface area contributed by atoms with Crippen molar-refractivity contribution in [2.24, 2.45) is 0 Å². The number of aliphatic hydroxyl groups excluding tert-OH is 1. The zero-order valence-corrected chi connectivity index (χ0v) is 11.3. The molecule has 0 saturated heterocycles. The van der Waals surface area contributed by atoms with Gasteiger partial charge in [-0.2, -0.15) is 0 Å². The van der Waals surface area contributed by atoms with Crippen molar-refractivity contribution in [1.29, 1.82) is 0 Å². The molecular weight excluding hydrogens is 260 g/mol. The van der Waals surface area contributed by atoms with E-state index in [1.165, 1.54) is 0 Å². The standard InChI is InChI=1S/C18H14N2O/c21-18-15(14-5-1-2-6-17(14)20-18)11-12-7-8-16-13(10-12)4-3-9-19-16/h1-11,18,20-21H. The van der Waals surface area contributed by atoms with Gasteiger partial charge in [0.05, 0.1) is 5.52 Å². The Bertz CT molecular complexity index is 854. The molecule has 21 heavy (non-hydrogen) atoms. The molecule has 0 amide bonds. The molecule has 3 heteroatoms. The average Bonchev–Trinajstić information content (AvgIpc) is 2.83. The molecule has 0 radical (unpaired) electrons. The first-order valence-corrected chi connectivity index (χ1v) is 6.92. The molecule has 3 nitrogen and oxygen atoms in total. The summed E-state index contributed by atoms with van der Waals surface area (Å²) in [5.41, 5.74) is 4.96. The number of fused-ring (bicyclic) bond motifs is 2. The van der Waals surface area contributed by atoms with E-state index in [4.69, 9.17) is 0 Å². The first kappa shape index (κ1) is 12.1. The molecule has 0 spiro atoms. The fraction of sp³-hybridized carbons (Fsp3) is 0.0556. The van der Waals surface area contributed by atoms with Gasteiger partial charge in [0.15, 0.2) is 6.23 Å². The van der Waals surface area contributed by atoms with E-state index in [0.717, 1.165) is 33.3 Å². The summed E-state index contributed by atoms with van der Waals surface area (Å²) < 4.78 is 0. The number of para-hydroxylation sites is 1. The lowest BCUT2D eigenvalue weighted by atomic mass is 10.0. The molecular formula is C18H14N2O. The van der Waals surface area contributed by atoms with Gasteiger partial charge in [0.2, 0.25) is 0 Å². The van der Waals surface area contributed by atoms with Crippen LogP contribution in [0.5, 0.6) is 0 Å². The molecule has 1 aliphatic rings. The minimum absolute atomic E-state index is 0.660. The largest absolute Gasteiger partial charge is 0.369 e. The number of hydrogen-bond acceptors (Lipinski definition) is 3. The molecule has 3 aromatic rings. The highest BCUT2D eigenvalue weighted by Gasteiger charge is 2.23. The molecule has 0 bridgehead atoms. The van der Waals surface area contributed by atoms with Crippen LogP contribution in [0.15, 0.2) is 60.8 Å². The maximum atomic E-state index is 10.2. The summed E-state index contributed by atoms with van der Waals surface area (Å²) in [4.78, 5) is 4.32. The highest BCUT2D eigenvalue weighted by Crippen LogP contribution is 2.35. The molecule has 102 valence electrons. The third-order valence-electron chi connectivity index (χ3n) is 3.77. The van der Waals surface area contributed by atoms with Crippen molar-refractivity contribution in [1.82, 2.24) is 4.98 Å². The summed E-state index contributed by atoms with van der Waals surface area (Å²) in [6.45, 7) is 0. The van der Waals surface area contributed by atoms with Crippen molar-refractivity contribution < 1.29 is 5.11 Å². The first-order valence-electron chi connectivity index (χ1n) is 6.92. The maximum Gasteiger partial charge on any atom is 0.151 e. The van der Waals surface area contributed by atoms with Crippen LogP contribution in [0.2, 0.25) is 0 Å². The van der Waals surface area contributed by atoms with Crippen LogP contribution in [0, 0.1) is 0 Å². The molecule has 2 aromatic carbocycles. The Morgan fingerprint density at radius 3 is 2.90 bits per heavy atom. The van der Waals surface area contributed by atoms with Crippen LogP contribution < -0.4 is 5.32 Å².